The lowest BCUT2D eigenvalue weighted by Gasteiger charge is -2.35. The fraction of sp³-hybridized carbons (Fsp3) is 0.625. The van der Waals surface area contributed by atoms with Gasteiger partial charge in [0, 0.05) is 19.7 Å². The lowest BCUT2D eigenvalue weighted by atomic mass is 9.89. The van der Waals surface area contributed by atoms with Crippen LogP contribution < -0.4 is 9.64 Å². The van der Waals surface area contributed by atoms with E-state index in [4.69, 9.17) is 9.47 Å². The molecule has 2 fully saturated rings. The van der Waals surface area contributed by atoms with Crippen molar-refractivity contribution in [3.63, 3.8) is 0 Å². The molecule has 2 aliphatic heterocycles. The van der Waals surface area contributed by atoms with E-state index in [1.165, 1.54) is 7.11 Å². The third-order valence-electron chi connectivity index (χ3n) is 4.75. The number of rotatable bonds is 4. The Labute approximate surface area is 130 Å². The maximum absolute atomic E-state index is 11.4. The molecule has 2 aliphatic rings. The number of nitrogens with zero attached hydrogens (tertiary/aromatic N) is 2. The van der Waals surface area contributed by atoms with Gasteiger partial charge in [-0.15, -0.1) is 0 Å². The summed E-state index contributed by atoms with van der Waals surface area (Å²) < 4.78 is 10.9. The lowest BCUT2D eigenvalue weighted by Crippen LogP contribution is -2.38. The van der Waals surface area contributed by atoms with E-state index in [1.54, 1.807) is 6.07 Å². The predicted molar refractivity (Wildman–Crippen MR) is 83.6 cm³/mol. The predicted octanol–water partition coefficient (Wildman–Crippen LogP) is 3.00. The summed E-state index contributed by atoms with van der Waals surface area (Å²) in [7, 11) is 1.47. The van der Waals surface area contributed by atoms with Crippen molar-refractivity contribution in [2.45, 2.75) is 31.8 Å². The maximum atomic E-state index is 11.4. The highest BCUT2D eigenvalue weighted by Gasteiger charge is 2.32. The Morgan fingerprint density at radius 3 is 2.68 bits per heavy atom. The fourth-order valence-corrected chi connectivity index (χ4v) is 3.60. The van der Waals surface area contributed by atoms with E-state index in [2.05, 4.69) is 4.90 Å². The van der Waals surface area contributed by atoms with Gasteiger partial charge in [-0.3, -0.25) is 10.1 Å². The molecule has 6 nitrogen and oxygen atoms in total. The molecule has 1 aromatic carbocycles. The first-order valence-corrected chi connectivity index (χ1v) is 7.88. The van der Waals surface area contributed by atoms with Gasteiger partial charge in [0.05, 0.1) is 18.1 Å². The minimum absolute atomic E-state index is 0.0700. The third-order valence-corrected chi connectivity index (χ3v) is 4.75. The van der Waals surface area contributed by atoms with Crippen molar-refractivity contribution in [3.05, 3.63) is 28.3 Å². The lowest BCUT2D eigenvalue weighted by molar-refractivity contribution is -0.385. The number of nitro benzene ring substituents is 1. The summed E-state index contributed by atoms with van der Waals surface area (Å²) in [5.74, 6) is 0.909. The van der Waals surface area contributed by atoms with E-state index in [0.717, 1.165) is 45.4 Å². The van der Waals surface area contributed by atoms with Gasteiger partial charge in [0.15, 0.2) is 5.75 Å². The van der Waals surface area contributed by atoms with Gasteiger partial charge in [-0.05, 0) is 43.7 Å². The minimum atomic E-state index is -0.347. The SMILES string of the molecule is COc1cccc(N2CCC([C@H]3CCCO3)CC2)c1[N+](=O)[O-]. The highest BCUT2D eigenvalue weighted by molar-refractivity contribution is 5.69. The van der Waals surface area contributed by atoms with E-state index >= 15 is 0 Å². The summed E-state index contributed by atoms with van der Waals surface area (Å²) >= 11 is 0. The van der Waals surface area contributed by atoms with Gasteiger partial charge in [-0.1, -0.05) is 6.07 Å². The molecule has 0 aromatic heterocycles. The van der Waals surface area contributed by atoms with Gasteiger partial charge in [0.1, 0.15) is 5.69 Å². The Hall–Kier alpha value is -1.82. The molecule has 1 aromatic rings. The number of piperidine rings is 1. The highest BCUT2D eigenvalue weighted by Crippen LogP contribution is 2.39. The van der Waals surface area contributed by atoms with Crippen LogP contribution in [0.2, 0.25) is 0 Å². The fourth-order valence-electron chi connectivity index (χ4n) is 3.60. The van der Waals surface area contributed by atoms with Gasteiger partial charge < -0.3 is 14.4 Å². The second-order valence-electron chi connectivity index (χ2n) is 5.96. The van der Waals surface area contributed by atoms with Crippen LogP contribution in [-0.4, -0.2) is 37.8 Å². The van der Waals surface area contributed by atoms with E-state index in [-0.39, 0.29) is 10.6 Å². The Kier molecular flexibility index (Phi) is 4.47. The average Bonchev–Trinajstić information content (AvgIpc) is 3.08. The van der Waals surface area contributed by atoms with Crippen LogP contribution in [-0.2, 0) is 4.74 Å². The summed E-state index contributed by atoms with van der Waals surface area (Å²) in [5.41, 5.74) is 0.732. The average molecular weight is 306 g/mol. The van der Waals surface area contributed by atoms with E-state index in [9.17, 15) is 10.1 Å². The summed E-state index contributed by atoms with van der Waals surface area (Å²) in [6.07, 6.45) is 4.76. The van der Waals surface area contributed by atoms with Crippen LogP contribution in [0.3, 0.4) is 0 Å². The van der Waals surface area contributed by atoms with Crippen molar-refractivity contribution in [1.82, 2.24) is 0 Å². The number of hydrogen-bond donors (Lipinski definition) is 0. The van der Waals surface area contributed by atoms with Crippen molar-refractivity contribution >= 4 is 11.4 Å². The van der Waals surface area contributed by atoms with Crippen LogP contribution in [0, 0.1) is 16.0 Å². The summed E-state index contributed by atoms with van der Waals surface area (Å²) in [4.78, 5) is 13.2. The molecule has 22 heavy (non-hydrogen) atoms. The molecule has 0 N–H and O–H groups in total. The van der Waals surface area contributed by atoms with E-state index < -0.39 is 0 Å². The van der Waals surface area contributed by atoms with Gasteiger partial charge in [-0.2, -0.15) is 0 Å². The minimum Gasteiger partial charge on any atom is -0.490 e. The number of para-hydroxylation sites is 1. The van der Waals surface area contributed by atoms with Crippen molar-refractivity contribution in [3.8, 4) is 5.75 Å². The van der Waals surface area contributed by atoms with Crippen LogP contribution >= 0.6 is 0 Å². The molecule has 1 atom stereocenters. The molecular formula is C16H22N2O4. The van der Waals surface area contributed by atoms with Gasteiger partial charge in [0.2, 0.25) is 0 Å². The number of benzene rings is 1. The largest absolute Gasteiger partial charge is 0.490 e. The third kappa shape index (κ3) is 2.88. The van der Waals surface area contributed by atoms with Crippen molar-refractivity contribution in [2.24, 2.45) is 5.92 Å². The van der Waals surface area contributed by atoms with Crippen LogP contribution in [0.5, 0.6) is 5.75 Å². The Balaban J connectivity index is 1.74. The van der Waals surface area contributed by atoms with Gasteiger partial charge in [0.25, 0.3) is 0 Å². The monoisotopic (exact) mass is 306 g/mol. The first kappa shape index (κ1) is 15.1. The molecule has 2 saturated heterocycles. The quantitative estimate of drug-likeness (QED) is 0.632. The Bertz CT molecular complexity index is 535. The van der Waals surface area contributed by atoms with E-state index in [1.807, 2.05) is 12.1 Å². The number of ether oxygens (including phenoxy) is 2. The number of methoxy groups -OCH3 is 1. The molecule has 0 radical (unpaired) electrons. The smallest absolute Gasteiger partial charge is 0.333 e. The zero-order valence-electron chi connectivity index (χ0n) is 12.9. The number of nitro groups is 1. The highest BCUT2D eigenvalue weighted by atomic mass is 16.6. The molecule has 3 rings (SSSR count). The normalized spacial score (nSPS) is 22.8. The standard InChI is InChI=1S/C16H22N2O4/c1-21-15-5-2-4-13(16(15)18(19)20)17-9-7-12(8-10-17)14-6-3-11-22-14/h2,4-5,12,14H,3,6-11H2,1H3/t14-/m1/s1. The van der Waals surface area contributed by atoms with Crippen molar-refractivity contribution in [2.75, 3.05) is 31.7 Å². The molecular weight excluding hydrogens is 284 g/mol. The molecule has 2 heterocycles. The van der Waals surface area contributed by atoms with Crippen LogP contribution in [0.4, 0.5) is 11.4 Å². The second-order valence-corrected chi connectivity index (χ2v) is 5.96. The molecule has 0 unspecified atom stereocenters. The summed E-state index contributed by atoms with van der Waals surface area (Å²) in [6, 6.07) is 5.27. The molecule has 0 amide bonds. The molecule has 0 saturated carbocycles. The first-order valence-electron chi connectivity index (χ1n) is 7.88. The maximum Gasteiger partial charge on any atom is 0.333 e. The summed E-state index contributed by atoms with van der Waals surface area (Å²) in [5, 5.41) is 11.4. The Morgan fingerprint density at radius 2 is 2.09 bits per heavy atom. The molecule has 0 aliphatic carbocycles. The summed E-state index contributed by atoms with van der Waals surface area (Å²) in [6.45, 7) is 2.54. The molecule has 0 bridgehead atoms. The van der Waals surface area contributed by atoms with Gasteiger partial charge in [-0.25, -0.2) is 0 Å². The molecule has 0 spiro atoms. The second kappa shape index (κ2) is 6.52. The molecule has 120 valence electrons. The molecule has 6 heteroatoms. The zero-order chi connectivity index (χ0) is 15.5. The zero-order valence-corrected chi connectivity index (χ0v) is 12.9. The first-order chi connectivity index (χ1) is 10.7. The van der Waals surface area contributed by atoms with Crippen molar-refractivity contribution < 1.29 is 14.4 Å². The number of anilines is 1. The van der Waals surface area contributed by atoms with Crippen LogP contribution in [0.15, 0.2) is 18.2 Å². The Morgan fingerprint density at radius 1 is 1.32 bits per heavy atom. The van der Waals surface area contributed by atoms with Crippen LogP contribution in [0.1, 0.15) is 25.7 Å². The van der Waals surface area contributed by atoms with Gasteiger partial charge >= 0.3 is 5.69 Å². The van der Waals surface area contributed by atoms with Crippen LogP contribution in [0.25, 0.3) is 0 Å². The topological polar surface area (TPSA) is 64.8 Å². The van der Waals surface area contributed by atoms with Crippen molar-refractivity contribution in [1.29, 1.82) is 0 Å². The van der Waals surface area contributed by atoms with E-state index in [0.29, 0.717) is 23.5 Å². The number of hydrogen-bond acceptors (Lipinski definition) is 5.